The Kier molecular flexibility index (Phi) is 3.82. The summed E-state index contributed by atoms with van der Waals surface area (Å²) in [5, 5.41) is 0. The number of para-hydroxylation sites is 1. The monoisotopic (exact) mass is 249 g/mol. The third-order valence-electron chi connectivity index (χ3n) is 2.67. The van der Waals surface area contributed by atoms with E-state index in [1.165, 1.54) is 4.90 Å². The minimum Gasteiger partial charge on any atom is -0.493 e. The Balaban J connectivity index is 2.10. The lowest BCUT2D eigenvalue weighted by atomic mass is 10.1. The molecule has 0 bridgehead atoms. The van der Waals surface area contributed by atoms with Crippen LogP contribution >= 0.6 is 0 Å². The molecule has 0 aromatic heterocycles. The molecule has 1 amide bonds. The topological polar surface area (TPSA) is 55.8 Å². The molecular weight excluding hydrogens is 234 g/mol. The Hall–Kier alpha value is -2.04. The standard InChI is InChI=1S/C13H15NO4/c1-2-17-12-6-4-3-5-10(12)11(15)9-14-7-8-18-13(14)16/h3-6H,2,7-9H2,1H3. The smallest absolute Gasteiger partial charge is 0.410 e. The van der Waals surface area contributed by atoms with Crippen LogP contribution < -0.4 is 4.74 Å². The summed E-state index contributed by atoms with van der Waals surface area (Å²) >= 11 is 0. The summed E-state index contributed by atoms with van der Waals surface area (Å²) in [7, 11) is 0. The van der Waals surface area contributed by atoms with Crippen molar-refractivity contribution >= 4 is 11.9 Å². The van der Waals surface area contributed by atoms with Crippen LogP contribution in [0.2, 0.25) is 0 Å². The number of benzene rings is 1. The van der Waals surface area contributed by atoms with Crippen molar-refractivity contribution in [3.63, 3.8) is 0 Å². The highest BCUT2D eigenvalue weighted by atomic mass is 16.6. The van der Waals surface area contributed by atoms with Gasteiger partial charge in [0, 0.05) is 0 Å². The zero-order chi connectivity index (χ0) is 13.0. The summed E-state index contributed by atoms with van der Waals surface area (Å²) < 4.78 is 10.2. The maximum atomic E-state index is 12.1. The van der Waals surface area contributed by atoms with E-state index in [9.17, 15) is 9.59 Å². The maximum Gasteiger partial charge on any atom is 0.410 e. The highest BCUT2D eigenvalue weighted by molar-refractivity contribution is 6.01. The molecular formula is C13H15NO4. The van der Waals surface area contributed by atoms with Crippen molar-refractivity contribution in [2.75, 3.05) is 26.3 Å². The number of amides is 1. The van der Waals surface area contributed by atoms with Crippen LogP contribution in [-0.2, 0) is 4.74 Å². The molecule has 1 aromatic carbocycles. The Bertz CT molecular complexity index is 458. The highest BCUT2D eigenvalue weighted by Gasteiger charge is 2.25. The van der Waals surface area contributed by atoms with Crippen LogP contribution in [0.1, 0.15) is 17.3 Å². The summed E-state index contributed by atoms with van der Waals surface area (Å²) in [4.78, 5) is 24.8. The Labute approximate surface area is 105 Å². The quantitative estimate of drug-likeness (QED) is 0.745. The third-order valence-corrected chi connectivity index (χ3v) is 2.67. The molecule has 0 spiro atoms. The summed E-state index contributed by atoms with van der Waals surface area (Å²) in [5.74, 6) is 0.412. The normalized spacial score (nSPS) is 14.5. The van der Waals surface area contributed by atoms with Crippen molar-refractivity contribution < 1.29 is 19.1 Å². The molecule has 0 unspecified atom stereocenters. The van der Waals surface area contributed by atoms with Crippen molar-refractivity contribution in [1.82, 2.24) is 4.90 Å². The molecule has 0 N–H and O–H groups in total. The van der Waals surface area contributed by atoms with E-state index in [2.05, 4.69) is 0 Å². The van der Waals surface area contributed by atoms with Crippen LogP contribution in [0.4, 0.5) is 4.79 Å². The first-order valence-electron chi connectivity index (χ1n) is 5.89. The van der Waals surface area contributed by atoms with Gasteiger partial charge < -0.3 is 9.47 Å². The predicted molar refractivity (Wildman–Crippen MR) is 64.9 cm³/mol. The van der Waals surface area contributed by atoms with Gasteiger partial charge in [-0.05, 0) is 19.1 Å². The molecule has 2 rings (SSSR count). The van der Waals surface area contributed by atoms with Crippen molar-refractivity contribution in [2.45, 2.75) is 6.92 Å². The molecule has 1 aliphatic heterocycles. The average molecular weight is 249 g/mol. The molecule has 0 atom stereocenters. The summed E-state index contributed by atoms with van der Waals surface area (Å²) in [5.41, 5.74) is 0.499. The van der Waals surface area contributed by atoms with Crippen LogP contribution in [0.25, 0.3) is 0 Å². The van der Waals surface area contributed by atoms with Gasteiger partial charge in [-0.2, -0.15) is 0 Å². The first kappa shape index (κ1) is 12.4. The van der Waals surface area contributed by atoms with E-state index in [0.29, 0.717) is 31.1 Å². The van der Waals surface area contributed by atoms with Crippen molar-refractivity contribution in [3.05, 3.63) is 29.8 Å². The van der Waals surface area contributed by atoms with Crippen LogP contribution in [0, 0.1) is 0 Å². The van der Waals surface area contributed by atoms with Crippen molar-refractivity contribution in [1.29, 1.82) is 0 Å². The number of ketones is 1. The van der Waals surface area contributed by atoms with Crippen LogP contribution in [0.5, 0.6) is 5.75 Å². The molecule has 18 heavy (non-hydrogen) atoms. The van der Waals surface area contributed by atoms with Gasteiger partial charge in [-0.15, -0.1) is 0 Å². The summed E-state index contributed by atoms with van der Waals surface area (Å²) in [6.45, 7) is 3.19. The van der Waals surface area contributed by atoms with E-state index >= 15 is 0 Å². The summed E-state index contributed by atoms with van der Waals surface area (Å²) in [6.07, 6.45) is -0.433. The van der Waals surface area contributed by atoms with E-state index < -0.39 is 6.09 Å². The van der Waals surface area contributed by atoms with Crippen molar-refractivity contribution in [3.8, 4) is 5.75 Å². The molecule has 5 heteroatoms. The Morgan fingerprint density at radius 2 is 2.22 bits per heavy atom. The minimum absolute atomic E-state index is 0.0307. The predicted octanol–water partition coefficient (Wildman–Crippen LogP) is 1.72. The number of hydrogen-bond donors (Lipinski definition) is 0. The molecule has 96 valence electrons. The van der Waals surface area contributed by atoms with Gasteiger partial charge in [0.05, 0.1) is 25.3 Å². The molecule has 0 saturated carbocycles. The number of carbonyl (C=O) groups is 2. The fourth-order valence-corrected chi connectivity index (χ4v) is 1.81. The van der Waals surface area contributed by atoms with Crippen LogP contribution in [0.15, 0.2) is 24.3 Å². The lowest BCUT2D eigenvalue weighted by Crippen LogP contribution is -2.30. The lowest BCUT2D eigenvalue weighted by Gasteiger charge is -2.13. The molecule has 0 aliphatic carbocycles. The Morgan fingerprint density at radius 1 is 1.44 bits per heavy atom. The molecule has 1 aromatic rings. The summed E-state index contributed by atoms with van der Waals surface area (Å²) in [6, 6.07) is 7.04. The average Bonchev–Trinajstić information content (AvgIpc) is 2.76. The zero-order valence-electron chi connectivity index (χ0n) is 10.2. The molecule has 1 heterocycles. The largest absolute Gasteiger partial charge is 0.493 e. The number of nitrogens with zero attached hydrogens (tertiary/aromatic N) is 1. The van der Waals surface area contributed by atoms with E-state index in [1.807, 2.05) is 13.0 Å². The van der Waals surface area contributed by atoms with Crippen LogP contribution in [0.3, 0.4) is 0 Å². The van der Waals surface area contributed by atoms with Gasteiger partial charge in [0.2, 0.25) is 0 Å². The number of hydrogen-bond acceptors (Lipinski definition) is 4. The van der Waals surface area contributed by atoms with E-state index in [1.54, 1.807) is 18.2 Å². The molecule has 1 saturated heterocycles. The highest BCUT2D eigenvalue weighted by Crippen LogP contribution is 2.19. The Morgan fingerprint density at radius 3 is 2.89 bits per heavy atom. The third kappa shape index (κ3) is 2.61. The number of ether oxygens (including phenoxy) is 2. The fraction of sp³-hybridized carbons (Fsp3) is 0.385. The number of carbonyl (C=O) groups excluding carboxylic acids is 2. The molecule has 5 nitrogen and oxygen atoms in total. The molecule has 1 fully saturated rings. The van der Waals surface area contributed by atoms with Gasteiger partial charge in [0.1, 0.15) is 12.4 Å². The first-order valence-corrected chi connectivity index (χ1v) is 5.89. The molecule has 0 radical (unpaired) electrons. The van der Waals surface area contributed by atoms with E-state index in [4.69, 9.17) is 9.47 Å². The minimum atomic E-state index is -0.433. The van der Waals surface area contributed by atoms with Gasteiger partial charge in [-0.3, -0.25) is 9.69 Å². The van der Waals surface area contributed by atoms with Gasteiger partial charge in [-0.25, -0.2) is 4.79 Å². The first-order chi connectivity index (χ1) is 8.72. The second-order valence-electron chi connectivity index (χ2n) is 3.89. The SMILES string of the molecule is CCOc1ccccc1C(=O)CN1CCOC1=O. The number of rotatable bonds is 5. The zero-order valence-corrected chi connectivity index (χ0v) is 10.2. The van der Waals surface area contributed by atoms with Gasteiger partial charge in [-0.1, -0.05) is 12.1 Å². The second-order valence-corrected chi connectivity index (χ2v) is 3.89. The second kappa shape index (κ2) is 5.53. The fourth-order valence-electron chi connectivity index (χ4n) is 1.81. The maximum absolute atomic E-state index is 12.1. The van der Waals surface area contributed by atoms with Crippen LogP contribution in [-0.4, -0.2) is 43.1 Å². The van der Waals surface area contributed by atoms with Gasteiger partial charge in [0.25, 0.3) is 0 Å². The van der Waals surface area contributed by atoms with Gasteiger partial charge in [0.15, 0.2) is 5.78 Å². The number of cyclic esters (lactones) is 1. The molecule has 1 aliphatic rings. The van der Waals surface area contributed by atoms with E-state index in [-0.39, 0.29) is 12.3 Å². The van der Waals surface area contributed by atoms with Crippen molar-refractivity contribution in [2.24, 2.45) is 0 Å². The lowest BCUT2D eigenvalue weighted by molar-refractivity contribution is 0.0940. The van der Waals surface area contributed by atoms with E-state index in [0.717, 1.165) is 0 Å². The van der Waals surface area contributed by atoms with Gasteiger partial charge >= 0.3 is 6.09 Å². The number of Topliss-reactive ketones (excluding diaryl/α,β-unsaturated/α-hetero) is 1.